The van der Waals surface area contributed by atoms with E-state index >= 15 is 0 Å². The molecule has 3 rings (SSSR count). The quantitative estimate of drug-likeness (QED) is 0.643. The van der Waals surface area contributed by atoms with Gasteiger partial charge in [-0.15, -0.1) is 0 Å². The predicted molar refractivity (Wildman–Crippen MR) is 73.9 cm³/mol. The first-order chi connectivity index (χ1) is 9.26. The molecule has 0 bridgehead atoms. The number of esters is 1. The van der Waals surface area contributed by atoms with Crippen LogP contribution in [0.1, 0.15) is 44.9 Å². The first-order valence-corrected chi connectivity index (χ1v) is 7.84. The van der Waals surface area contributed by atoms with Crippen molar-refractivity contribution in [2.24, 2.45) is 5.92 Å². The number of carbonyl (C=O) groups excluding carboxylic acids is 1. The summed E-state index contributed by atoms with van der Waals surface area (Å²) in [5, 5.41) is 3.42. The number of hydrogen-bond acceptors (Lipinski definition) is 4. The summed E-state index contributed by atoms with van der Waals surface area (Å²) in [5.41, 5.74) is 0. The smallest absolute Gasteiger partial charge is 0.322 e. The molecule has 0 amide bonds. The van der Waals surface area contributed by atoms with Gasteiger partial charge in [-0.2, -0.15) is 0 Å². The molecule has 0 spiro atoms. The minimum Gasteiger partial charge on any atom is -0.468 e. The third-order valence-corrected chi connectivity index (χ3v) is 4.46. The topological polar surface area (TPSA) is 41.6 Å². The molecule has 0 saturated heterocycles. The Morgan fingerprint density at radius 1 is 1.26 bits per heavy atom. The highest BCUT2D eigenvalue weighted by Crippen LogP contribution is 2.35. The number of ether oxygens (including phenoxy) is 1. The fraction of sp³-hybridized carbons (Fsp3) is 0.933. The Hall–Kier alpha value is -0.610. The van der Waals surface area contributed by atoms with E-state index in [-0.39, 0.29) is 12.0 Å². The Bertz CT molecular complexity index is 322. The van der Waals surface area contributed by atoms with Gasteiger partial charge < -0.3 is 15.0 Å². The van der Waals surface area contributed by atoms with Crippen LogP contribution in [0.25, 0.3) is 0 Å². The average molecular weight is 266 g/mol. The Balaban J connectivity index is 1.46. The fourth-order valence-electron chi connectivity index (χ4n) is 2.74. The van der Waals surface area contributed by atoms with E-state index in [2.05, 4.69) is 10.2 Å². The number of nitrogens with zero attached hydrogens (tertiary/aromatic N) is 1. The molecule has 0 aromatic carbocycles. The molecule has 1 unspecified atom stereocenters. The minimum atomic E-state index is -0.0991. The summed E-state index contributed by atoms with van der Waals surface area (Å²) in [6.45, 7) is 2.29. The molecule has 108 valence electrons. The molecule has 0 aliphatic heterocycles. The van der Waals surface area contributed by atoms with Crippen LogP contribution in [-0.2, 0) is 9.53 Å². The van der Waals surface area contributed by atoms with Crippen molar-refractivity contribution >= 4 is 5.97 Å². The van der Waals surface area contributed by atoms with Gasteiger partial charge in [0.15, 0.2) is 0 Å². The van der Waals surface area contributed by atoms with Gasteiger partial charge in [0.2, 0.25) is 0 Å². The Morgan fingerprint density at radius 3 is 2.53 bits per heavy atom. The van der Waals surface area contributed by atoms with Crippen LogP contribution in [0.4, 0.5) is 0 Å². The number of nitrogens with one attached hydrogen (secondary N) is 1. The minimum absolute atomic E-state index is 0.0888. The van der Waals surface area contributed by atoms with E-state index in [9.17, 15) is 4.79 Å². The van der Waals surface area contributed by atoms with Crippen LogP contribution < -0.4 is 5.32 Å². The fourth-order valence-corrected chi connectivity index (χ4v) is 2.74. The number of hydrogen-bond donors (Lipinski definition) is 1. The van der Waals surface area contributed by atoms with Crippen molar-refractivity contribution in [3.05, 3.63) is 0 Å². The second-order valence-electron chi connectivity index (χ2n) is 6.47. The summed E-state index contributed by atoms with van der Waals surface area (Å²) in [5.74, 6) is 0.850. The summed E-state index contributed by atoms with van der Waals surface area (Å²) in [6, 6.07) is 1.26. The lowest BCUT2D eigenvalue weighted by Gasteiger charge is -2.24. The summed E-state index contributed by atoms with van der Waals surface area (Å²) in [4.78, 5) is 14.4. The lowest BCUT2D eigenvalue weighted by molar-refractivity contribution is -0.143. The molecule has 0 aromatic heterocycles. The molecule has 0 heterocycles. The van der Waals surface area contributed by atoms with E-state index in [1.165, 1.54) is 52.2 Å². The van der Waals surface area contributed by atoms with Gasteiger partial charge in [-0.3, -0.25) is 4.79 Å². The number of rotatable bonds is 9. The largest absolute Gasteiger partial charge is 0.468 e. The lowest BCUT2D eigenvalue weighted by atomic mass is 10.2. The van der Waals surface area contributed by atoms with Crippen molar-refractivity contribution in [3.63, 3.8) is 0 Å². The summed E-state index contributed by atoms with van der Waals surface area (Å²) in [7, 11) is 1.49. The zero-order chi connectivity index (χ0) is 13.2. The van der Waals surface area contributed by atoms with Crippen LogP contribution >= 0.6 is 0 Å². The van der Waals surface area contributed by atoms with Gasteiger partial charge in [0, 0.05) is 25.2 Å². The van der Waals surface area contributed by atoms with Crippen LogP contribution in [0.3, 0.4) is 0 Å². The van der Waals surface area contributed by atoms with Gasteiger partial charge in [-0.05, 0) is 50.9 Å². The van der Waals surface area contributed by atoms with Crippen LogP contribution in [-0.4, -0.2) is 49.2 Å². The highest BCUT2D eigenvalue weighted by atomic mass is 16.5. The van der Waals surface area contributed by atoms with E-state index in [1.54, 1.807) is 0 Å². The molecule has 3 saturated carbocycles. The molecule has 4 nitrogen and oxygen atoms in total. The van der Waals surface area contributed by atoms with Crippen molar-refractivity contribution in [3.8, 4) is 0 Å². The van der Waals surface area contributed by atoms with Gasteiger partial charge in [0.25, 0.3) is 0 Å². The van der Waals surface area contributed by atoms with Crippen molar-refractivity contribution in [1.29, 1.82) is 0 Å². The predicted octanol–water partition coefficient (Wildman–Crippen LogP) is 1.54. The third-order valence-electron chi connectivity index (χ3n) is 4.46. The van der Waals surface area contributed by atoms with Gasteiger partial charge in [-0.1, -0.05) is 0 Å². The molecule has 0 radical (unpaired) electrons. The molecular formula is C15H26N2O2. The molecule has 1 N–H and O–H groups in total. The van der Waals surface area contributed by atoms with Gasteiger partial charge in [-0.25, -0.2) is 0 Å². The van der Waals surface area contributed by atoms with Crippen LogP contribution in [0.15, 0.2) is 0 Å². The van der Waals surface area contributed by atoms with Crippen molar-refractivity contribution < 1.29 is 9.53 Å². The van der Waals surface area contributed by atoms with E-state index in [1.807, 2.05) is 0 Å². The second-order valence-corrected chi connectivity index (χ2v) is 6.47. The molecule has 3 aliphatic carbocycles. The third kappa shape index (κ3) is 4.18. The first-order valence-electron chi connectivity index (χ1n) is 7.84. The molecule has 3 aliphatic rings. The van der Waals surface area contributed by atoms with E-state index in [0.717, 1.165) is 24.9 Å². The SMILES string of the molecule is COC(=O)C(CCN(CC1CC1)C1CC1)NC1CC1. The normalized spacial score (nSPS) is 24.5. The monoisotopic (exact) mass is 266 g/mol. The Labute approximate surface area is 115 Å². The highest BCUT2D eigenvalue weighted by Gasteiger charge is 2.35. The first kappa shape index (κ1) is 13.4. The summed E-state index contributed by atoms with van der Waals surface area (Å²) < 4.78 is 4.92. The van der Waals surface area contributed by atoms with Gasteiger partial charge in [0.05, 0.1) is 7.11 Å². The number of carbonyl (C=O) groups is 1. The highest BCUT2D eigenvalue weighted by molar-refractivity contribution is 5.75. The Kier molecular flexibility index (Phi) is 4.08. The maximum Gasteiger partial charge on any atom is 0.322 e. The molecule has 0 aromatic rings. The van der Waals surface area contributed by atoms with Crippen LogP contribution in [0.5, 0.6) is 0 Å². The zero-order valence-electron chi connectivity index (χ0n) is 11.9. The van der Waals surface area contributed by atoms with Gasteiger partial charge >= 0.3 is 5.97 Å². The summed E-state index contributed by atoms with van der Waals surface area (Å²) in [6.07, 6.45) is 8.83. The molecule has 4 heteroatoms. The maximum absolute atomic E-state index is 11.8. The molecule has 1 atom stereocenters. The Morgan fingerprint density at radius 2 is 2.00 bits per heavy atom. The molecular weight excluding hydrogens is 240 g/mol. The van der Waals surface area contributed by atoms with Crippen molar-refractivity contribution in [1.82, 2.24) is 10.2 Å². The van der Waals surface area contributed by atoms with Crippen molar-refractivity contribution in [2.45, 2.75) is 63.1 Å². The van der Waals surface area contributed by atoms with Gasteiger partial charge in [0.1, 0.15) is 6.04 Å². The van der Waals surface area contributed by atoms with E-state index in [4.69, 9.17) is 4.74 Å². The van der Waals surface area contributed by atoms with Crippen molar-refractivity contribution in [2.75, 3.05) is 20.2 Å². The standard InChI is InChI=1S/C15H26N2O2/c1-19-15(18)14(16-12-4-5-12)8-9-17(13-6-7-13)10-11-2-3-11/h11-14,16H,2-10H2,1H3. The number of methoxy groups -OCH3 is 1. The second kappa shape index (κ2) is 5.80. The van der Waals surface area contributed by atoms with E-state index < -0.39 is 0 Å². The zero-order valence-corrected chi connectivity index (χ0v) is 11.9. The van der Waals surface area contributed by atoms with Crippen LogP contribution in [0.2, 0.25) is 0 Å². The average Bonchev–Trinajstić information content (AvgIpc) is 3.28. The maximum atomic E-state index is 11.8. The van der Waals surface area contributed by atoms with Crippen LogP contribution in [0, 0.1) is 5.92 Å². The molecule has 3 fully saturated rings. The summed E-state index contributed by atoms with van der Waals surface area (Å²) >= 11 is 0. The lowest BCUT2D eigenvalue weighted by Crippen LogP contribution is -2.42. The molecule has 19 heavy (non-hydrogen) atoms. The van der Waals surface area contributed by atoms with E-state index in [0.29, 0.717) is 6.04 Å².